The van der Waals surface area contributed by atoms with E-state index < -0.39 is 0 Å². The van der Waals surface area contributed by atoms with Gasteiger partial charge in [-0.3, -0.25) is 4.79 Å². The molecule has 118 valence electrons. The zero-order valence-electron chi connectivity index (χ0n) is 12.6. The molecule has 2 N–H and O–H groups in total. The van der Waals surface area contributed by atoms with Crippen LogP contribution in [0, 0.1) is 11.3 Å². The van der Waals surface area contributed by atoms with E-state index in [2.05, 4.69) is 6.07 Å². The highest BCUT2D eigenvalue weighted by Crippen LogP contribution is 2.34. The lowest BCUT2D eigenvalue weighted by molar-refractivity contribution is -0.132. The monoisotopic (exact) mass is 327 g/mol. The van der Waals surface area contributed by atoms with Gasteiger partial charge in [0, 0.05) is 11.4 Å². The number of para-hydroxylation sites is 1. The summed E-state index contributed by atoms with van der Waals surface area (Å²) < 4.78 is 5.57. The second-order valence-corrected chi connectivity index (χ2v) is 6.47. The number of nitriles is 1. The normalized spacial score (nSPS) is 13.3. The molecule has 0 saturated carbocycles. The summed E-state index contributed by atoms with van der Waals surface area (Å²) in [7, 11) is 0. The molecule has 1 aliphatic heterocycles. The van der Waals surface area contributed by atoms with Crippen LogP contribution >= 0.6 is 11.3 Å². The van der Waals surface area contributed by atoms with Crippen LogP contribution in [0.1, 0.15) is 22.4 Å². The van der Waals surface area contributed by atoms with E-state index in [1.165, 1.54) is 11.3 Å². The van der Waals surface area contributed by atoms with Crippen LogP contribution in [0.3, 0.4) is 0 Å². The first-order valence-corrected chi connectivity index (χ1v) is 8.26. The number of thiophene rings is 1. The van der Waals surface area contributed by atoms with Gasteiger partial charge in [-0.15, -0.1) is 11.3 Å². The molecule has 2 aromatic rings. The largest absolute Gasteiger partial charge is 0.493 e. The summed E-state index contributed by atoms with van der Waals surface area (Å²) in [6.45, 7) is 1.53. The van der Waals surface area contributed by atoms with E-state index in [0.29, 0.717) is 43.1 Å². The van der Waals surface area contributed by atoms with Crippen molar-refractivity contribution in [1.29, 1.82) is 5.26 Å². The Hall–Kier alpha value is -2.52. The summed E-state index contributed by atoms with van der Waals surface area (Å²) in [6, 6.07) is 11.6. The Labute approximate surface area is 138 Å². The number of fused-ring (bicyclic) bond motifs is 1. The van der Waals surface area contributed by atoms with Crippen LogP contribution in [-0.2, 0) is 17.8 Å². The number of benzene rings is 1. The molecule has 0 saturated heterocycles. The summed E-state index contributed by atoms with van der Waals surface area (Å²) >= 11 is 1.41. The maximum atomic E-state index is 12.3. The van der Waals surface area contributed by atoms with Gasteiger partial charge in [-0.2, -0.15) is 5.26 Å². The summed E-state index contributed by atoms with van der Waals surface area (Å²) in [6.07, 6.45) is 1.04. The number of amides is 1. The first-order chi connectivity index (χ1) is 11.2. The molecule has 1 aromatic carbocycles. The van der Waals surface area contributed by atoms with Crippen molar-refractivity contribution in [2.45, 2.75) is 19.4 Å². The quantitative estimate of drug-likeness (QED) is 0.936. The average Bonchev–Trinajstić information content (AvgIpc) is 2.89. The van der Waals surface area contributed by atoms with Gasteiger partial charge in [0.15, 0.2) is 0 Å². The molecular formula is C17H17N3O2S. The Kier molecular flexibility index (Phi) is 4.49. The highest BCUT2D eigenvalue weighted by Gasteiger charge is 2.25. The van der Waals surface area contributed by atoms with E-state index in [9.17, 15) is 4.79 Å². The number of nitrogens with two attached hydrogens (primary N) is 1. The summed E-state index contributed by atoms with van der Waals surface area (Å²) in [5.41, 5.74) is 7.47. The van der Waals surface area contributed by atoms with Crippen molar-refractivity contribution >= 4 is 22.2 Å². The van der Waals surface area contributed by atoms with Gasteiger partial charge in [0.2, 0.25) is 5.91 Å². The van der Waals surface area contributed by atoms with Crippen LogP contribution in [0.5, 0.6) is 5.75 Å². The number of rotatable bonds is 4. The molecule has 1 amide bonds. The lowest BCUT2D eigenvalue weighted by atomic mass is 10.0. The van der Waals surface area contributed by atoms with E-state index in [1.54, 1.807) is 0 Å². The second kappa shape index (κ2) is 6.71. The third-order valence-corrected chi connectivity index (χ3v) is 4.92. The topological polar surface area (TPSA) is 79.4 Å². The molecule has 0 unspecified atom stereocenters. The van der Waals surface area contributed by atoms with E-state index >= 15 is 0 Å². The van der Waals surface area contributed by atoms with Crippen molar-refractivity contribution in [3.63, 3.8) is 0 Å². The predicted octanol–water partition coefficient (Wildman–Crippen LogP) is 2.56. The van der Waals surface area contributed by atoms with Gasteiger partial charge in [-0.25, -0.2) is 0 Å². The number of ether oxygens (including phenoxy) is 1. The van der Waals surface area contributed by atoms with Crippen LogP contribution < -0.4 is 10.5 Å². The molecule has 0 aliphatic carbocycles. The minimum absolute atomic E-state index is 0.0667. The van der Waals surface area contributed by atoms with Crippen molar-refractivity contribution in [2.24, 2.45) is 0 Å². The van der Waals surface area contributed by atoms with Crippen LogP contribution in [0.4, 0.5) is 5.00 Å². The lowest BCUT2D eigenvalue weighted by Gasteiger charge is -2.27. The fraction of sp³-hybridized carbons (Fsp3) is 0.294. The zero-order chi connectivity index (χ0) is 16.2. The number of nitrogen functional groups attached to an aromatic ring is 1. The molecule has 1 aliphatic rings. The molecule has 1 aromatic heterocycles. The molecule has 0 radical (unpaired) electrons. The Morgan fingerprint density at radius 2 is 2.17 bits per heavy atom. The van der Waals surface area contributed by atoms with Crippen LogP contribution in [0.2, 0.25) is 0 Å². The second-order valence-electron chi connectivity index (χ2n) is 5.33. The number of nitrogens with zero attached hydrogens (tertiary/aromatic N) is 2. The number of hydrogen-bond acceptors (Lipinski definition) is 5. The lowest BCUT2D eigenvalue weighted by Crippen LogP contribution is -2.36. The molecule has 0 fully saturated rings. The van der Waals surface area contributed by atoms with Gasteiger partial charge < -0.3 is 15.4 Å². The third kappa shape index (κ3) is 3.30. The molecule has 3 rings (SSSR count). The third-order valence-electron chi connectivity index (χ3n) is 3.88. The van der Waals surface area contributed by atoms with E-state index in [-0.39, 0.29) is 5.91 Å². The molecule has 0 spiro atoms. The molecule has 0 bridgehead atoms. The standard InChI is InChI=1S/C17H17N3O2S/c18-10-14-13-6-8-20(11-15(13)23-17(14)19)16(21)7-9-22-12-4-2-1-3-5-12/h1-5H,6-9,11,19H2. The number of carbonyl (C=O) groups excluding carboxylic acids is 1. The van der Waals surface area contributed by atoms with Crippen LogP contribution in [0.25, 0.3) is 0 Å². The summed E-state index contributed by atoms with van der Waals surface area (Å²) in [5.74, 6) is 0.836. The summed E-state index contributed by atoms with van der Waals surface area (Å²) in [4.78, 5) is 15.2. The van der Waals surface area contributed by atoms with Crippen LogP contribution in [-0.4, -0.2) is 24.0 Å². The number of hydrogen-bond donors (Lipinski definition) is 1. The zero-order valence-corrected chi connectivity index (χ0v) is 13.4. The molecule has 5 nitrogen and oxygen atoms in total. The molecule has 0 atom stereocenters. The van der Waals surface area contributed by atoms with Gasteiger partial charge >= 0.3 is 0 Å². The number of carbonyl (C=O) groups is 1. The predicted molar refractivity (Wildman–Crippen MR) is 89.1 cm³/mol. The smallest absolute Gasteiger partial charge is 0.226 e. The van der Waals surface area contributed by atoms with Crippen molar-refractivity contribution in [1.82, 2.24) is 4.90 Å². The minimum Gasteiger partial charge on any atom is -0.493 e. The van der Waals surface area contributed by atoms with Gasteiger partial charge in [0.25, 0.3) is 0 Å². The highest BCUT2D eigenvalue weighted by atomic mass is 32.1. The van der Waals surface area contributed by atoms with Gasteiger partial charge in [0.05, 0.1) is 25.1 Å². The number of anilines is 1. The van der Waals surface area contributed by atoms with E-state index in [0.717, 1.165) is 16.2 Å². The van der Waals surface area contributed by atoms with Gasteiger partial charge in [-0.1, -0.05) is 18.2 Å². The SMILES string of the molecule is N#Cc1c(N)sc2c1CCN(C(=O)CCOc1ccccc1)C2. The maximum absolute atomic E-state index is 12.3. The van der Waals surface area contributed by atoms with Crippen molar-refractivity contribution in [2.75, 3.05) is 18.9 Å². The van der Waals surface area contributed by atoms with Gasteiger partial charge in [-0.05, 0) is 24.1 Å². The molecule has 6 heteroatoms. The minimum atomic E-state index is 0.0667. The Balaban J connectivity index is 1.56. The molecular weight excluding hydrogens is 310 g/mol. The van der Waals surface area contributed by atoms with Gasteiger partial charge in [0.1, 0.15) is 16.8 Å². The van der Waals surface area contributed by atoms with Crippen LogP contribution in [0.15, 0.2) is 30.3 Å². The highest BCUT2D eigenvalue weighted by molar-refractivity contribution is 7.16. The van der Waals surface area contributed by atoms with E-state index in [4.69, 9.17) is 15.7 Å². The fourth-order valence-corrected chi connectivity index (χ4v) is 3.78. The first-order valence-electron chi connectivity index (χ1n) is 7.44. The fourth-order valence-electron chi connectivity index (χ4n) is 2.69. The molecule has 2 heterocycles. The maximum Gasteiger partial charge on any atom is 0.226 e. The molecule has 23 heavy (non-hydrogen) atoms. The Morgan fingerprint density at radius 1 is 1.39 bits per heavy atom. The Morgan fingerprint density at radius 3 is 2.91 bits per heavy atom. The van der Waals surface area contributed by atoms with E-state index in [1.807, 2.05) is 35.2 Å². The van der Waals surface area contributed by atoms with Crippen molar-refractivity contribution < 1.29 is 9.53 Å². The average molecular weight is 327 g/mol. The first kappa shape index (κ1) is 15.4. The van der Waals surface area contributed by atoms with Crippen molar-refractivity contribution in [3.05, 3.63) is 46.3 Å². The van der Waals surface area contributed by atoms with Crippen molar-refractivity contribution in [3.8, 4) is 11.8 Å². The summed E-state index contributed by atoms with van der Waals surface area (Å²) in [5, 5.41) is 9.70. The Bertz CT molecular complexity index is 749.